The van der Waals surface area contributed by atoms with Crippen LogP contribution < -0.4 is 0 Å². The van der Waals surface area contributed by atoms with Gasteiger partial charge in [-0.1, -0.05) is 13.0 Å². The SMILES string of the molecule is CCN(C(=O)CN(CC)C(C)(C)C(=O)O)C1=CCCCC1. The standard InChI is InChI=1S/C16H28N2O3/c1-5-17(16(3,4)15(20)21)12-14(19)18(6-2)13-10-8-7-9-11-13/h10H,5-9,11-12H2,1-4H3,(H,20,21). The van der Waals surface area contributed by atoms with Gasteiger partial charge in [0.1, 0.15) is 5.54 Å². The van der Waals surface area contributed by atoms with Crippen LogP contribution in [0.5, 0.6) is 0 Å². The zero-order valence-corrected chi connectivity index (χ0v) is 13.7. The molecule has 0 aromatic heterocycles. The Bertz CT molecular complexity index is 416. The largest absolute Gasteiger partial charge is 0.480 e. The van der Waals surface area contributed by atoms with E-state index in [0.29, 0.717) is 13.1 Å². The third-order valence-electron chi connectivity index (χ3n) is 4.25. The van der Waals surface area contributed by atoms with Crippen LogP contribution in [0, 0.1) is 0 Å². The van der Waals surface area contributed by atoms with Crippen LogP contribution in [-0.2, 0) is 9.59 Å². The Labute approximate surface area is 127 Å². The fraction of sp³-hybridized carbons (Fsp3) is 0.750. The highest BCUT2D eigenvalue weighted by atomic mass is 16.4. The van der Waals surface area contributed by atoms with Gasteiger partial charge in [0.25, 0.3) is 0 Å². The Kier molecular flexibility index (Phi) is 6.40. The number of hydrogen-bond acceptors (Lipinski definition) is 3. The highest BCUT2D eigenvalue weighted by Crippen LogP contribution is 2.22. The van der Waals surface area contributed by atoms with Crippen LogP contribution in [0.2, 0.25) is 0 Å². The number of likely N-dealkylation sites (N-methyl/N-ethyl adjacent to an activating group) is 2. The lowest BCUT2D eigenvalue weighted by Gasteiger charge is -2.35. The molecule has 0 unspecified atom stereocenters. The summed E-state index contributed by atoms with van der Waals surface area (Å²) in [5.74, 6) is -0.918. The van der Waals surface area contributed by atoms with Gasteiger partial charge >= 0.3 is 5.97 Å². The Morgan fingerprint density at radius 1 is 1.24 bits per heavy atom. The van der Waals surface area contributed by atoms with Gasteiger partial charge in [-0.15, -0.1) is 0 Å². The van der Waals surface area contributed by atoms with E-state index in [1.165, 1.54) is 6.42 Å². The molecule has 1 aliphatic rings. The Hall–Kier alpha value is -1.36. The smallest absolute Gasteiger partial charge is 0.323 e. The average Bonchev–Trinajstić information content (AvgIpc) is 2.46. The molecule has 0 saturated heterocycles. The van der Waals surface area contributed by atoms with Crippen LogP contribution in [0.4, 0.5) is 0 Å². The van der Waals surface area contributed by atoms with E-state index in [4.69, 9.17) is 0 Å². The molecule has 0 bridgehead atoms. The number of carbonyl (C=O) groups excluding carboxylic acids is 1. The molecular weight excluding hydrogens is 268 g/mol. The summed E-state index contributed by atoms with van der Waals surface area (Å²) in [5.41, 5.74) is 0.0584. The van der Waals surface area contributed by atoms with Crippen molar-refractivity contribution in [3.05, 3.63) is 11.8 Å². The number of nitrogens with zero attached hydrogens (tertiary/aromatic N) is 2. The minimum absolute atomic E-state index is 0.0122. The molecular formula is C16H28N2O3. The maximum Gasteiger partial charge on any atom is 0.323 e. The fourth-order valence-electron chi connectivity index (χ4n) is 2.69. The summed E-state index contributed by atoms with van der Waals surface area (Å²) < 4.78 is 0. The highest BCUT2D eigenvalue weighted by Gasteiger charge is 2.35. The molecule has 5 heteroatoms. The molecule has 0 aromatic rings. The van der Waals surface area contributed by atoms with Gasteiger partial charge in [0, 0.05) is 12.2 Å². The molecule has 0 atom stereocenters. The molecule has 120 valence electrons. The lowest BCUT2D eigenvalue weighted by Crippen LogP contribution is -2.53. The number of carboxylic acids is 1. The third kappa shape index (κ3) is 4.30. The van der Waals surface area contributed by atoms with Crippen molar-refractivity contribution < 1.29 is 14.7 Å². The minimum Gasteiger partial charge on any atom is -0.480 e. The number of rotatable bonds is 7. The first kappa shape index (κ1) is 17.7. The number of allylic oxidation sites excluding steroid dienone is 2. The molecule has 1 N–H and O–H groups in total. The first-order valence-electron chi connectivity index (χ1n) is 7.82. The second kappa shape index (κ2) is 7.59. The van der Waals surface area contributed by atoms with Crippen molar-refractivity contribution in [1.29, 1.82) is 0 Å². The molecule has 0 saturated carbocycles. The summed E-state index contributed by atoms with van der Waals surface area (Å²) >= 11 is 0. The molecule has 0 radical (unpaired) electrons. The van der Waals surface area contributed by atoms with Crippen LogP contribution in [0.3, 0.4) is 0 Å². The number of carbonyl (C=O) groups is 2. The zero-order chi connectivity index (χ0) is 16.0. The van der Waals surface area contributed by atoms with E-state index in [2.05, 4.69) is 6.08 Å². The summed E-state index contributed by atoms with van der Waals surface area (Å²) in [5, 5.41) is 9.32. The first-order valence-corrected chi connectivity index (χ1v) is 7.82. The van der Waals surface area contributed by atoms with Crippen LogP contribution in [0.1, 0.15) is 53.4 Å². The summed E-state index contributed by atoms with van der Waals surface area (Å²) in [4.78, 5) is 27.4. The first-order chi connectivity index (χ1) is 9.84. The molecule has 5 nitrogen and oxygen atoms in total. The summed E-state index contributed by atoms with van der Waals surface area (Å²) in [6, 6.07) is 0. The zero-order valence-electron chi connectivity index (χ0n) is 13.7. The van der Waals surface area contributed by atoms with E-state index in [1.54, 1.807) is 23.6 Å². The second-order valence-electron chi connectivity index (χ2n) is 5.96. The van der Waals surface area contributed by atoms with E-state index >= 15 is 0 Å². The van der Waals surface area contributed by atoms with E-state index in [1.807, 2.05) is 13.8 Å². The molecule has 1 rings (SSSR count). The van der Waals surface area contributed by atoms with E-state index in [-0.39, 0.29) is 12.5 Å². The van der Waals surface area contributed by atoms with E-state index in [9.17, 15) is 14.7 Å². The van der Waals surface area contributed by atoms with Crippen LogP contribution in [-0.4, -0.2) is 52.0 Å². The van der Waals surface area contributed by atoms with Gasteiger partial charge in [-0.2, -0.15) is 0 Å². The van der Waals surface area contributed by atoms with Crippen molar-refractivity contribution in [2.45, 2.75) is 58.9 Å². The predicted molar refractivity (Wildman–Crippen MR) is 82.9 cm³/mol. The highest BCUT2D eigenvalue weighted by molar-refractivity contribution is 5.82. The third-order valence-corrected chi connectivity index (χ3v) is 4.25. The van der Waals surface area contributed by atoms with Gasteiger partial charge in [-0.25, -0.2) is 0 Å². The monoisotopic (exact) mass is 296 g/mol. The summed E-state index contributed by atoms with van der Waals surface area (Å²) in [7, 11) is 0. The van der Waals surface area contributed by atoms with Gasteiger partial charge in [0.05, 0.1) is 6.54 Å². The van der Waals surface area contributed by atoms with Crippen molar-refractivity contribution >= 4 is 11.9 Å². The quantitative estimate of drug-likeness (QED) is 0.784. The maximum atomic E-state index is 12.6. The molecule has 0 aliphatic heterocycles. The molecule has 0 spiro atoms. The predicted octanol–water partition coefficient (Wildman–Crippen LogP) is 2.48. The van der Waals surface area contributed by atoms with Gasteiger partial charge in [-0.05, 0) is 53.0 Å². The van der Waals surface area contributed by atoms with Crippen LogP contribution in [0.15, 0.2) is 11.8 Å². The van der Waals surface area contributed by atoms with Gasteiger partial charge in [0.15, 0.2) is 0 Å². The molecule has 1 aliphatic carbocycles. The van der Waals surface area contributed by atoms with Gasteiger partial charge < -0.3 is 10.0 Å². The van der Waals surface area contributed by atoms with Crippen molar-refractivity contribution in [2.75, 3.05) is 19.6 Å². The molecule has 1 amide bonds. The number of hydrogen-bond donors (Lipinski definition) is 1. The Morgan fingerprint density at radius 3 is 2.33 bits per heavy atom. The average molecular weight is 296 g/mol. The van der Waals surface area contributed by atoms with Crippen LogP contribution >= 0.6 is 0 Å². The normalized spacial score (nSPS) is 15.8. The van der Waals surface area contributed by atoms with Crippen molar-refractivity contribution in [3.63, 3.8) is 0 Å². The van der Waals surface area contributed by atoms with Gasteiger partial charge in [-0.3, -0.25) is 14.5 Å². The van der Waals surface area contributed by atoms with E-state index < -0.39 is 11.5 Å². The maximum absolute atomic E-state index is 12.6. The van der Waals surface area contributed by atoms with Gasteiger partial charge in [0.2, 0.25) is 5.91 Å². The van der Waals surface area contributed by atoms with Crippen molar-refractivity contribution in [3.8, 4) is 0 Å². The van der Waals surface area contributed by atoms with Crippen molar-refractivity contribution in [1.82, 2.24) is 9.80 Å². The van der Waals surface area contributed by atoms with Crippen molar-refractivity contribution in [2.24, 2.45) is 0 Å². The Morgan fingerprint density at radius 2 is 1.90 bits per heavy atom. The lowest BCUT2D eigenvalue weighted by molar-refractivity contribution is -0.150. The lowest BCUT2D eigenvalue weighted by atomic mass is 10.0. The van der Waals surface area contributed by atoms with E-state index in [0.717, 1.165) is 25.0 Å². The number of aliphatic carboxylic acids is 1. The number of amides is 1. The molecule has 21 heavy (non-hydrogen) atoms. The molecule has 0 fully saturated rings. The Balaban J connectivity index is 2.81. The fourth-order valence-corrected chi connectivity index (χ4v) is 2.69. The minimum atomic E-state index is -1.04. The summed E-state index contributed by atoms with van der Waals surface area (Å²) in [6.45, 7) is 8.43. The second-order valence-corrected chi connectivity index (χ2v) is 5.96. The molecule has 0 heterocycles. The number of carboxylic acid groups (broad SMARTS) is 1. The van der Waals surface area contributed by atoms with Crippen LogP contribution in [0.25, 0.3) is 0 Å². The topological polar surface area (TPSA) is 60.9 Å². The summed E-state index contributed by atoms with van der Waals surface area (Å²) in [6.07, 6.45) is 6.41. The molecule has 0 aromatic carbocycles.